The number of carbonyl (C=O) groups excluding carboxylic acids is 1. The minimum atomic E-state index is -4.20. The van der Waals surface area contributed by atoms with E-state index in [4.69, 9.17) is 16.1 Å². The van der Waals surface area contributed by atoms with Gasteiger partial charge in [-0.3, -0.25) is 4.79 Å². The Morgan fingerprint density at radius 3 is 2.41 bits per heavy atom. The molecule has 0 saturated carbocycles. The van der Waals surface area contributed by atoms with Gasteiger partial charge in [0, 0.05) is 12.2 Å². The summed E-state index contributed by atoms with van der Waals surface area (Å²) in [6, 6.07) is 3.12. The second-order valence-electron chi connectivity index (χ2n) is 7.67. The van der Waals surface area contributed by atoms with E-state index in [0.717, 1.165) is 28.7 Å². The van der Waals surface area contributed by atoms with E-state index >= 15 is 0 Å². The number of aryl methyl sites for hydroxylation is 3. The number of sulfonamides is 2. The molecular weight excluding hydrogens is 524 g/mol. The summed E-state index contributed by atoms with van der Waals surface area (Å²) < 4.78 is 58.5. The van der Waals surface area contributed by atoms with Gasteiger partial charge < -0.3 is 9.84 Å². The molecule has 184 valence electrons. The zero-order chi connectivity index (χ0) is 25.4. The van der Waals surface area contributed by atoms with E-state index in [1.807, 2.05) is 13.0 Å². The van der Waals surface area contributed by atoms with Crippen LogP contribution < -0.4 is 14.8 Å². The third-order valence-corrected chi connectivity index (χ3v) is 8.55. The fraction of sp³-hybridized carbons (Fsp3) is 0.300. The molecule has 1 amide bonds. The molecule has 2 aromatic heterocycles. The quantitative estimate of drug-likeness (QED) is 0.390. The molecule has 34 heavy (non-hydrogen) atoms. The second-order valence-corrected chi connectivity index (χ2v) is 12.4. The van der Waals surface area contributed by atoms with Crippen molar-refractivity contribution >= 4 is 60.5 Å². The molecule has 0 saturated heterocycles. The number of benzene rings is 1. The van der Waals surface area contributed by atoms with Crippen LogP contribution in [0, 0.1) is 27.7 Å². The number of rotatable bonds is 8. The summed E-state index contributed by atoms with van der Waals surface area (Å²) in [6.07, 6.45) is 1.06. The van der Waals surface area contributed by atoms with Gasteiger partial charge in [-0.05, 0) is 61.4 Å². The van der Waals surface area contributed by atoms with Gasteiger partial charge in [0.25, 0.3) is 21.8 Å². The van der Waals surface area contributed by atoms with E-state index in [2.05, 4.69) is 19.9 Å². The molecule has 0 atom stereocenters. The molecular formula is C20H23ClN4O6S3. The molecule has 14 heteroatoms. The number of hydrogen-bond acceptors (Lipinski definition) is 8. The lowest BCUT2D eigenvalue weighted by Crippen LogP contribution is -2.23. The Balaban J connectivity index is 1.92. The smallest absolute Gasteiger partial charge is 0.267 e. The Labute approximate surface area is 206 Å². The number of nitrogens with zero attached hydrogens (tertiary/aromatic N) is 1. The zero-order valence-corrected chi connectivity index (χ0v) is 22.1. The van der Waals surface area contributed by atoms with Crippen molar-refractivity contribution in [2.24, 2.45) is 0 Å². The maximum absolute atomic E-state index is 13.1. The highest BCUT2D eigenvalue weighted by Gasteiger charge is 2.27. The number of thiophene rings is 1. The first-order valence-electron chi connectivity index (χ1n) is 9.79. The maximum atomic E-state index is 13.1. The number of nitrogens with one attached hydrogen (secondary N) is 3. The molecule has 10 nitrogen and oxygen atoms in total. The normalized spacial score (nSPS) is 12.1. The zero-order valence-electron chi connectivity index (χ0n) is 18.9. The highest BCUT2D eigenvalue weighted by molar-refractivity contribution is 7.93. The summed E-state index contributed by atoms with van der Waals surface area (Å²) in [7, 11) is -7.62. The van der Waals surface area contributed by atoms with E-state index in [1.165, 1.54) is 11.4 Å². The first kappa shape index (κ1) is 26.2. The van der Waals surface area contributed by atoms with Crippen molar-refractivity contribution in [3.63, 3.8) is 0 Å². The van der Waals surface area contributed by atoms with Gasteiger partial charge in [0.1, 0.15) is 20.5 Å². The van der Waals surface area contributed by atoms with Crippen LogP contribution in [0.5, 0.6) is 0 Å². The van der Waals surface area contributed by atoms with Crippen LogP contribution in [0.1, 0.15) is 37.6 Å². The third-order valence-electron chi connectivity index (χ3n) is 5.02. The number of carbonyl (C=O) groups is 1. The van der Waals surface area contributed by atoms with Crippen LogP contribution in [0.15, 0.2) is 26.9 Å². The Kier molecular flexibility index (Phi) is 7.43. The topological polar surface area (TPSA) is 147 Å². The predicted molar refractivity (Wildman–Crippen MR) is 132 cm³/mol. The summed E-state index contributed by atoms with van der Waals surface area (Å²) in [5.74, 6) is -0.878. The fourth-order valence-electron chi connectivity index (χ4n) is 3.34. The third kappa shape index (κ3) is 5.61. The minimum absolute atomic E-state index is 0.0194. The first-order valence-corrected chi connectivity index (χ1v) is 14.4. The van der Waals surface area contributed by atoms with Crippen molar-refractivity contribution < 1.29 is 26.2 Å². The number of aromatic nitrogens is 1. The largest absolute Gasteiger partial charge is 0.336 e. The summed E-state index contributed by atoms with van der Waals surface area (Å²) in [6.45, 7) is 7.01. The van der Waals surface area contributed by atoms with Crippen LogP contribution in [0.25, 0.3) is 0 Å². The van der Waals surface area contributed by atoms with Crippen LogP contribution >= 0.6 is 22.9 Å². The number of hydrogen-bond donors (Lipinski definition) is 3. The van der Waals surface area contributed by atoms with Crippen molar-refractivity contribution in [1.29, 1.82) is 0 Å². The van der Waals surface area contributed by atoms with Crippen LogP contribution in [-0.4, -0.2) is 34.2 Å². The lowest BCUT2D eigenvalue weighted by Gasteiger charge is -2.18. The van der Waals surface area contributed by atoms with E-state index in [9.17, 15) is 21.6 Å². The van der Waals surface area contributed by atoms with Gasteiger partial charge in [-0.2, -0.15) is 0 Å². The Bertz CT molecular complexity index is 1480. The minimum Gasteiger partial charge on any atom is -0.336 e. The van der Waals surface area contributed by atoms with Gasteiger partial charge in [-0.1, -0.05) is 22.8 Å². The highest BCUT2D eigenvalue weighted by atomic mass is 35.5. The Hall–Kier alpha value is -2.45. The predicted octanol–water partition coefficient (Wildman–Crippen LogP) is 3.73. The van der Waals surface area contributed by atoms with E-state index < -0.39 is 26.0 Å². The number of anilines is 2. The molecule has 0 radical (unpaired) electrons. The van der Waals surface area contributed by atoms with Crippen molar-refractivity contribution in [2.75, 3.05) is 16.3 Å². The molecule has 3 N–H and O–H groups in total. The summed E-state index contributed by atoms with van der Waals surface area (Å²) in [5, 5.41) is 7.88. The van der Waals surface area contributed by atoms with Crippen molar-refractivity contribution in [3.8, 4) is 0 Å². The van der Waals surface area contributed by atoms with Gasteiger partial charge in [-0.15, -0.1) is 11.3 Å². The molecule has 0 aliphatic rings. The lowest BCUT2D eigenvalue weighted by molar-refractivity contribution is 0.102. The van der Waals surface area contributed by atoms with E-state index in [0.29, 0.717) is 22.5 Å². The van der Waals surface area contributed by atoms with E-state index in [1.54, 1.807) is 20.8 Å². The molecule has 0 bridgehead atoms. The maximum Gasteiger partial charge on any atom is 0.267 e. The summed E-state index contributed by atoms with van der Waals surface area (Å²) >= 11 is 6.95. The SMILES string of the molecule is Cc1cc(C)c(NC(=O)c2sccc2S(=O)(=O)Nc2onc(C)c2Cl)c(C)c1CNS(C)(=O)=O. The van der Waals surface area contributed by atoms with Crippen molar-refractivity contribution in [3.05, 3.63) is 55.4 Å². The van der Waals surface area contributed by atoms with Gasteiger partial charge in [0.15, 0.2) is 0 Å². The number of amides is 1. The van der Waals surface area contributed by atoms with Gasteiger partial charge in [0.2, 0.25) is 10.0 Å². The van der Waals surface area contributed by atoms with Crippen molar-refractivity contribution in [2.45, 2.75) is 39.1 Å². The van der Waals surface area contributed by atoms with Gasteiger partial charge in [0.05, 0.1) is 6.26 Å². The average Bonchev–Trinajstić information content (AvgIpc) is 3.33. The highest BCUT2D eigenvalue weighted by Crippen LogP contribution is 2.32. The molecule has 0 spiro atoms. The molecule has 3 aromatic rings. The average molecular weight is 547 g/mol. The van der Waals surface area contributed by atoms with Gasteiger partial charge in [-0.25, -0.2) is 26.3 Å². The van der Waals surface area contributed by atoms with Crippen molar-refractivity contribution in [1.82, 2.24) is 9.88 Å². The molecule has 0 aliphatic heterocycles. The Morgan fingerprint density at radius 1 is 1.15 bits per heavy atom. The number of halogens is 1. The molecule has 0 unspecified atom stereocenters. The summed E-state index contributed by atoms with van der Waals surface area (Å²) in [5.41, 5.74) is 3.77. The van der Waals surface area contributed by atoms with Crippen LogP contribution in [0.3, 0.4) is 0 Å². The van der Waals surface area contributed by atoms with E-state index in [-0.39, 0.29) is 27.2 Å². The Morgan fingerprint density at radius 2 is 1.82 bits per heavy atom. The van der Waals surface area contributed by atoms with Crippen LogP contribution in [0.2, 0.25) is 5.02 Å². The monoisotopic (exact) mass is 546 g/mol. The molecule has 0 aliphatic carbocycles. The van der Waals surface area contributed by atoms with Crippen LogP contribution in [0.4, 0.5) is 11.6 Å². The summed E-state index contributed by atoms with van der Waals surface area (Å²) in [4.78, 5) is 12.8. The lowest BCUT2D eigenvalue weighted by atomic mass is 9.97. The molecule has 0 fully saturated rings. The molecule has 3 rings (SSSR count). The first-order chi connectivity index (χ1) is 15.7. The van der Waals surface area contributed by atoms with Crippen LogP contribution in [-0.2, 0) is 26.6 Å². The standard InChI is InChI=1S/C20H23ClN4O6S3/c1-10-8-11(2)17(12(3)14(10)9-22-33(5,27)28)23-19(26)18-15(6-7-32-18)34(29,30)25-20-16(21)13(4)24-31-20/h6-8,22,25H,9H2,1-5H3,(H,23,26). The molecule has 2 heterocycles. The fourth-order valence-corrected chi connectivity index (χ4v) is 6.24. The molecule has 1 aromatic carbocycles. The van der Waals surface area contributed by atoms with Gasteiger partial charge >= 0.3 is 0 Å². The second kappa shape index (κ2) is 9.66.